The van der Waals surface area contributed by atoms with Gasteiger partial charge in [-0.1, -0.05) is 30.7 Å². The molecule has 2 saturated heterocycles. The van der Waals surface area contributed by atoms with E-state index in [1.807, 2.05) is 25.1 Å². The lowest BCUT2D eigenvalue weighted by atomic mass is 9.58. The normalized spacial score (nSPS) is 26.1. The molecular formula is C28H32BNO7. The van der Waals surface area contributed by atoms with Gasteiger partial charge in [-0.25, -0.2) is 0 Å². The topological polar surface area (TPSA) is 120 Å². The summed E-state index contributed by atoms with van der Waals surface area (Å²) in [7, 11) is -1.06. The van der Waals surface area contributed by atoms with Gasteiger partial charge in [0.25, 0.3) is 0 Å². The summed E-state index contributed by atoms with van der Waals surface area (Å²) in [6.45, 7) is 1.67. The number of hydrogen-bond acceptors (Lipinski definition) is 7. The molecule has 5 rings (SSSR count). The molecule has 0 bridgehead atoms. The molecule has 0 saturated carbocycles. The van der Waals surface area contributed by atoms with Crippen LogP contribution in [-0.2, 0) is 20.9 Å². The number of furan rings is 1. The highest BCUT2D eigenvalue weighted by Gasteiger charge is 2.57. The van der Waals surface area contributed by atoms with Crippen molar-refractivity contribution >= 4 is 30.7 Å². The molecule has 194 valence electrons. The van der Waals surface area contributed by atoms with Crippen LogP contribution in [0.1, 0.15) is 44.1 Å². The number of fused-ring (bicyclic) bond motifs is 3. The van der Waals surface area contributed by atoms with E-state index in [1.165, 1.54) is 4.90 Å². The largest absolute Gasteiger partial charge is 0.459 e. The number of nitrogens with zero attached hydrogens (tertiary/aromatic N) is 1. The fraction of sp³-hybridized carbons (Fsp3) is 0.429. The van der Waals surface area contributed by atoms with Crippen LogP contribution < -0.4 is 4.90 Å². The number of imide groups is 1. The standard InChI is InChI=1S/C28H32BNO7/c1-2-17(12-20-9-10-21(16-32)36-20)8-11-24-25-18(15-31)13-22-26(23(25)14-29(35)37-24)28(34)30(27(22)33)19-6-4-3-5-7-19/h3-7,9-10,12,22-24,26,31-32,35H,2,8,11,13-16H2,1H3/b17-12+/t22-,23+,24-,26-/m1/s1. The Morgan fingerprint density at radius 1 is 1.08 bits per heavy atom. The lowest BCUT2D eigenvalue weighted by Crippen LogP contribution is -2.46. The fourth-order valence-corrected chi connectivity index (χ4v) is 6.17. The second-order valence-corrected chi connectivity index (χ2v) is 9.98. The lowest BCUT2D eigenvalue weighted by molar-refractivity contribution is -0.122. The van der Waals surface area contributed by atoms with E-state index in [9.17, 15) is 24.8 Å². The van der Waals surface area contributed by atoms with Crippen molar-refractivity contribution in [3.05, 3.63) is 70.7 Å². The summed E-state index contributed by atoms with van der Waals surface area (Å²) in [6.07, 6.45) is 4.00. The summed E-state index contributed by atoms with van der Waals surface area (Å²) in [4.78, 5) is 28.3. The minimum atomic E-state index is -1.06. The first-order valence-corrected chi connectivity index (χ1v) is 12.9. The minimum absolute atomic E-state index is 0.159. The molecule has 2 amide bonds. The monoisotopic (exact) mass is 505 g/mol. The number of aliphatic hydroxyl groups excluding tert-OH is 2. The number of para-hydroxylation sites is 1. The van der Waals surface area contributed by atoms with Crippen LogP contribution in [0.15, 0.2) is 63.6 Å². The van der Waals surface area contributed by atoms with Gasteiger partial charge in [-0.05, 0) is 79.4 Å². The lowest BCUT2D eigenvalue weighted by Gasteiger charge is -2.42. The molecule has 0 unspecified atom stereocenters. The Labute approximate surface area is 216 Å². The Hall–Kier alpha value is -2.98. The van der Waals surface area contributed by atoms with Gasteiger partial charge in [0, 0.05) is 0 Å². The molecule has 8 nitrogen and oxygen atoms in total. The van der Waals surface area contributed by atoms with Gasteiger partial charge in [-0.3, -0.25) is 14.5 Å². The highest BCUT2D eigenvalue weighted by Crippen LogP contribution is 2.51. The molecule has 4 atom stereocenters. The summed E-state index contributed by atoms with van der Waals surface area (Å²) >= 11 is 0. The number of carbonyl (C=O) groups excluding carboxylic acids is 2. The van der Waals surface area contributed by atoms with Crippen molar-refractivity contribution in [1.29, 1.82) is 0 Å². The van der Waals surface area contributed by atoms with Gasteiger partial charge in [-0.2, -0.15) is 0 Å². The predicted molar refractivity (Wildman–Crippen MR) is 138 cm³/mol. The van der Waals surface area contributed by atoms with Gasteiger partial charge in [-0.15, -0.1) is 0 Å². The van der Waals surface area contributed by atoms with Crippen molar-refractivity contribution in [2.75, 3.05) is 11.5 Å². The SMILES string of the molecule is CC/C(=C\c1ccc(CO)o1)CC[C@H]1OB(O)C[C@H]2C1=C(CO)C[C@H]1C(=O)N(c3ccccc3)C(=O)[C@H]12. The second kappa shape index (κ2) is 10.8. The summed E-state index contributed by atoms with van der Waals surface area (Å²) in [6, 6.07) is 12.5. The number of benzene rings is 1. The van der Waals surface area contributed by atoms with Crippen LogP contribution >= 0.6 is 0 Å². The first kappa shape index (κ1) is 25.7. The van der Waals surface area contributed by atoms with E-state index in [2.05, 4.69) is 0 Å². The average Bonchev–Trinajstić information content (AvgIpc) is 3.47. The van der Waals surface area contributed by atoms with E-state index in [1.54, 1.807) is 30.3 Å². The van der Waals surface area contributed by atoms with E-state index in [-0.39, 0.29) is 37.3 Å². The predicted octanol–water partition coefficient (Wildman–Crippen LogP) is 3.34. The number of allylic oxidation sites excluding steroid dienone is 1. The maximum atomic E-state index is 13.6. The molecule has 3 heterocycles. The van der Waals surface area contributed by atoms with Gasteiger partial charge in [0.1, 0.15) is 18.1 Å². The summed E-state index contributed by atoms with van der Waals surface area (Å²) in [5, 5.41) is 30.2. The number of anilines is 1. The minimum Gasteiger partial charge on any atom is -0.459 e. The average molecular weight is 505 g/mol. The molecule has 3 aliphatic rings. The fourth-order valence-electron chi connectivity index (χ4n) is 6.17. The van der Waals surface area contributed by atoms with E-state index in [0.717, 1.165) is 23.1 Å². The van der Waals surface area contributed by atoms with E-state index < -0.39 is 25.1 Å². The Bertz CT molecular complexity index is 1220. The van der Waals surface area contributed by atoms with E-state index >= 15 is 0 Å². The van der Waals surface area contributed by atoms with Gasteiger partial charge in [0.15, 0.2) is 0 Å². The first-order chi connectivity index (χ1) is 17.9. The highest BCUT2D eigenvalue weighted by molar-refractivity contribution is 6.43. The molecular weight excluding hydrogens is 473 g/mol. The van der Waals surface area contributed by atoms with Crippen LogP contribution in [-0.4, -0.2) is 46.9 Å². The zero-order valence-electron chi connectivity index (χ0n) is 20.9. The molecule has 2 aliphatic heterocycles. The van der Waals surface area contributed by atoms with Crippen molar-refractivity contribution in [1.82, 2.24) is 0 Å². The molecule has 1 aliphatic carbocycles. The third kappa shape index (κ3) is 4.84. The Morgan fingerprint density at radius 3 is 2.54 bits per heavy atom. The number of hydrogen-bond donors (Lipinski definition) is 3. The quantitative estimate of drug-likeness (QED) is 0.286. The van der Waals surface area contributed by atoms with Crippen molar-refractivity contribution in [3.63, 3.8) is 0 Å². The summed E-state index contributed by atoms with van der Waals surface area (Å²) in [5.41, 5.74) is 3.26. The van der Waals surface area contributed by atoms with Gasteiger partial charge in [0.05, 0.1) is 30.2 Å². The molecule has 9 heteroatoms. The van der Waals surface area contributed by atoms with Gasteiger partial charge in [0.2, 0.25) is 11.8 Å². The second-order valence-electron chi connectivity index (χ2n) is 9.98. The summed E-state index contributed by atoms with van der Waals surface area (Å²) in [5.74, 6) is -0.846. The van der Waals surface area contributed by atoms with E-state index in [0.29, 0.717) is 36.5 Å². The van der Waals surface area contributed by atoms with Crippen molar-refractivity contribution in [2.45, 2.75) is 51.6 Å². The molecule has 3 N–H and O–H groups in total. The molecule has 1 aromatic heterocycles. The molecule has 37 heavy (non-hydrogen) atoms. The third-order valence-corrected chi connectivity index (χ3v) is 7.88. The van der Waals surface area contributed by atoms with Crippen LogP contribution in [0, 0.1) is 17.8 Å². The van der Waals surface area contributed by atoms with Crippen LogP contribution in [0.4, 0.5) is 5.69 Å². The highest BCUT2D eigenvalue weighted by atomic mass is 16.5. The van der Waals surface area contributed by atoms with E-state index in [4.69, 9.17) is 9.07 Å². The Kier molecular flexibility index (Phi) is 7.49. The maximum absolute atomic E-state index is 13.6. The number of amides is 2. The smallest absolute Gasteiger partial charge is 0.455 e. The zero-order valence-corrected chi connectivity index (χ0v) is 20.9. The maximum Gasteiger partial charge on any atom is 0.455 e. The number of rotatable bonds is 8. The van der Waals surface area contributed by atoms with Crippen molar-refractivity contribution in [2.24, 2.45) is 17.8 Å². The molecule has 0 spiro atoms. The van der Waals surface area contributed by atoms with Crippen molar-refractivity contribution in [3.8, 4) is 0 Å². The van der Waals surface area contributed by atoms with Crippen LogP contribution in [0.3, 0.4) is 0 Å². The van der Waals surface area contributed by atoms with Gasteiger partial charge < -0.3 is 24.3 Å². The number of aliphatic hydroxyl groups is 2. The van der Waals surface area contributed by atoms with Crippen LogP contribution in [0.5, 0.6) is 0 Å². The Balaban J connectivity index is 1.41. The molecule has 2 aromatic rings. The van der Waals surface area contributed by atoms with Crippen LogP contribution in [0.2, 0.25) is 6.32 Å². The molecule has 1 aromatic carbocycles. The van der Waals surface area contributed by atoms with Crippen molar-refractivity contribution < 1.29 is 33.9 Å². The summed E-state index contributed by atoms with van der Waals surface area (Å²) < 4.78 is 11.6. The third-order valence-electron chi connectivity index (χ3n) is 7.88. The first-order valence-electron chi connectivity index (χ1n) is 12.9. The molecule has 2 fully saturated rings. The van der Waals surface area contributed by atoms with Crippen LogP contribution in [0.25, 0.3) is 6.08 Å². The van der Waals surface area contributed by atoms with Gasteiger partial charge >= 0.3 is 7.12 Å². The number of carbonyl (C=O) groups is 2. The Morgan fingerprint density at radius 2 is 1.86 bits per heavy atom. The zero-order chi connectivity index (χ0) is 26.1. The molecule has 0 radical (unpaired) electrons.